The van der Waals surface area contributed by atoms with Gasteiger partial charge in [0, 0.05) is 42.9 Å². The average Bonchev–Trinajstić information content (AvgIpc) is 2.61. The minimum atomic E-state index is -0.257. The predicted octanol–water partition coefficient (Wildman–Crippen LogP) is 3.20. The SMILES string of the molecule is COCCCNc1cc(C(=O)NCCc2ccc(Cl)cc2Cl)ncn1. The first kappa shape index (κ1) is 19.4. The molecular weight excluding hydrogens is 363 g/mol. The number of ether oxygens (including phenoxy) is 1. The maximum Gasteiger partial charge on any atom is 0.270 e. The average molecular weight is 383 g/mol. The molecular formula is C17H20Cl2N4O2. The van der Waals surface area contributed by atoms with Crippen molar-refractivity contribution < 1.29 is 9.53 Å². The highest BCUT2D eigenvalue weighted by atomic mass is 35.5. The fourth-order valence-electron chi connectivity index (χ4n) is 2.14. The number of halogens is 2. The van der Waals surface area contributed by atoms with Crippen LogP contribution in [-0.2, 0) is 11.2 Å². The summed E-state index contributed by atoms with van der Waals surface area (Å²) in [5, 5.41) is 7.13. The van der Waals surface area contributed by atoms with E-state index < -0.39 is 0 Å². The molecule has 0 radical (unpaired) electrons. The Morgan fingerprint density at radius 2 is 2.04 bits per heavy atom. The Morgan fingerprint density at radius 3 is 2.80 bits per heavy atom. The van der Waals surface area contributed by atoms with E-state index in [2.05, 4.69) is 20.6 Å². The molecule has 134 valence electrons. The van der Waals surface area contributed by atoms with Gasteiger partial charge in [-0.2, -0.15) is 0 Å². The number of nitrogens with one attached hydrogen (secondary N) is 2. The zero-order valence-electron chi connectivity index (χ0n) is 13.9. The number of hydrogen-bond donors (Lipinski definition) is 2. The van der Waals surface area contributed by atoms with Crippen molar-refractivity contribution in [1.82, 2.24) is 15.3 Å². The van der Waals surface area contributed by atoms with Crippen molar-refractivity contribution in [2.45, 2.75) is 12.8 Å². The van der Waals surface area contributed by atoms with Crippen LogP contribution in [0.15, 0.2) is 30.6 Å². The molecule has 1 amide bonds. The van der Waals surface area contributed by atoms with Gasteiger partial charge in [-0.15, -0.1) is 0 Å². The van der Waals surface area contributed by atoms with Crippen LogP contribution in [0.1, 0.15) is 22.5 Å². The first-order chi connectivity index (χ1) is 12.1. The van der Waals surface area contributed by atoms with Crippen LogP contribution in [0.3, 0.4) is 0 Å². The number of anilines is 1. The molecule has 25 heavy (non-hydrogen) atoms. The molecule has 0 spiro atoms. The maximum atomic E-state index is 12.2. The molecule has 0 aliphatic carbocycles. The molecule has 0 aliphatic rings. The van der Waals surface area contributed by atoms with Crippen LogP contribution >= 0.6 is 23.2 Å². The summed E-state index contributed by atoms with van der Waals surface area (Å²) in [5.74, 6) is 0.351. The largest absolute Gasteiger partial charge is 0.385 e. The van der Waals surface area contributed by atoms with Crippen molar-refractivity contribution in [1.29, 1.82) is 0 Å². The van der Waals surface area contributed by atoms with Gasteiger partial charge in [-0.25, -0.2) is 9.97 Å². The molecule has 0 saturated heterocycles. The Labute approximate surface area is 156 Å². The Kier molecular flexibility index (Phi) is 7.91. The van der Waals surface area contributed by atoms with E-state index in [1.54, 1.807) is 25.3 Å². The van der Waals surface area contributed by atoms with Gasteiger partial charge in [-0.1, -0.05) is 29.3 Å². The molecule has 0 saturated carbocycles. The molecule has 0 aliphatic heterocycles. The summed E-state index contributed by atoms with van der Waals surface area (Å²) in [6, 6.07) is 6.93. The number of rotatable bonds is 9. The van der Waals surface area contributed by atoms with E-state index in [0.717, 1.165) is 12.0 Å². The normalized spacial score (nSPS) is 10.5. The quantitative estimate of drug-likeness (QED) is 0.651. The summed E-state index contributed by atoms with van der Waals surface area (Å²) >= 11 is 12.0. The highest BCUT2D eigenvalue weighted by Crippen LogP contribution is 2.21. The van der Waals surface area contributed by atoms with Crippen molar-refractivity contribution in [2.24, 2.45) is 0 Å². The van der Waals surface area contributed by atoms with E-state index in [-0.39, 0.29) is 5.91 Å². The molecule has 2 N–H and O–H groups in total. The molecule has 1 aromatic carbocycles. The first-order valence-electron chi connectivity index (χ1n) is 7.87. The van der Waals surface area contributed by atoms with E-state index in [1.165, 1.54) is 6.33 Å². The van der Waals surface area contributed by atoms with Gasteiger partial charge in [-0.05, 0) is 30.5 Å². The second kappa shape index (κ2) is 10.2. The molecule has 0 unspecified atom stereocenters. The predicted molar refractivity (Wildman–Crippen MR) is 99.5 cm³/mol. The minimum absolute atomic E-state index is 0.257. The number of aromatic nitrogens is 2. The lowest BCUT2D eigenvalue weighted by Gasteiger charge is -2.08. The summed E-state index contributed by atoms with van der Waals surface area (Å²) in [6.45, 7) is 1.82. The van der Waals surface area contributed by atoms with Gasteiger partial charge in [0.05, 0.1) is 0 Å². The monoisotopic (exact) mass is 382 g/mol. The van der Waals surface area contributed by atoms with Crippen LogP contribution in [-0.4, -0.2) is 42.7 Å². The maximum absolute atomic E-state index is 12.2. The van der Waals surface area contributed by atoms with Gasteiger partial charge in [0.15, 0.2) is 0 Å². The number of hydrogen-bond acceptors (Lipinski definition) is 5. The number of carbonyl (C=O) groups excluding carboxylic acids is 1. The van der Waals surface area contributed by atoms with Crippen LogP contribution < -0.4 is 10.6 Å². The lowest BCUT2D eigenvalue weighted by Crippen LogP contribution is -2.26. The highest BCUT2D eigenvalue weighted by molar-refractivity contribution is 6.35. The van der Waals surface area contributed by atoms with E-state index in [9.17, 15) is 4.79 Å². The second-order valence-electron chi connectivity index (χ2n) is 5.30. The number of methoxy groups -OCH3 is 1. The Hall–Kier alpha value is -1.89. The fourth-order valence-corrected chi connectivity index (χ4v) is 2.64. The van der Waals surface area contributed by atoms with E-state index in [1.807, 2.05) is 6.07 Å². The van der Waals surface area contributed by atoms with Crippen LogP contribution in [0.5, 0.6) is 0 Å². The minimum Gasteiger partial charge on any atom is -0.385 e. The molecule has 1 heterocycles. The number of benzene rings is 1. The zero-order valence-corrected chi connectivity index (χ0v) is 15.4. The summed E-state index contributed by atoms with van der Waals surface area (Å²) < 4.78 is 4.98. The fraction of sp³-hybridized carbons (Fsp3) is 0.353. The topological polar surface area (TPSA) is 76.1 Å². The number of amides is 1. The molecule has 2 rings (SSSR count). The van der Waals surface area contributed by atoms with Crippen molar-refractivity contribution in [2.75, 3.05) is 32.1 Å². The van der Waals surface area contributed by atoms with Gasteiger partial charge < -0.3 is 15.4 Å². The van der Waals surface area contributed by atoms with Crippen LogP contribution in [0.4, 0.5) is 5.82 Å². The smallest absolute Gasteiger partial charge is 0.270 e. The molecule has 2 aromatic rings. The number of nitrogens with zero attached hydrogens (tertiary/aromatic N) is 2. The van der Waals surface area contributed by atoms with E-state index in [4.69, 9.17) is 27.9 Å². The molecule has 1 aromatic heterocycles. The highest BCUT2D eigenvalue weighted by Gasteiger charge is 2.09. The number of carbonyl (C=O) groups is 1. The van der Waals surface area contributed by atoms with Gasteiger partial charge in [0.25, 0.3) is 5.91 Å². The standard InChI is InChI=1S/C17H20Cl2N4O2/c1-25-8-2-6-20-16-10-15(22-11-23-16)17(24)21-7-5-12-3-4-13(18)9-14(12)19/h3-4,9-11H,2,5-8H2,1H3,(H,21,24)(H,20,22,23). The second-order valence-corrected chi connectivity index (χ2v) is 6.15. The summed E-state index contributed by atoms with van der Waals surface area (Å²) in [4.78, 5) is 20.3. The first-order valence-corrected chi connectivity index (χ1v) is 8.62. The van der Waals surface area contributed by atoms with Crippen molar-refractivity contribution in [3.8, 4) is 0 Å². The molecule has 6 nitrogen and oxygen atoms in total. The lowest BCUT2D eigenvalue weighted by atomic mass is 10.1. The molecule has 0 bridgehead atoms. The molecule has 0 fully saturated rings. The van der Waals surface area contributed by atoms with Gasteiger partial charge >= 0.3 is 0 Å². The van der Waals surface area contributed by atoms with Gasteiger partial charge in [0.2, 0.25) is 0 Å². The Morgan fingerprint density at radius 1 is 1.20 bits per heavy atom. The van der Waals surface area contributed by atoms with Gasteiger partial charge in [0.1, 0.15) is 17.8 Å². The van der Waals surface area contributed by atoms with Crippen LogP contribution in [0.2, 0.25) is 10.0 Å². The van der Waals surface area contributed by atoms with Crippen molar-refractivity contribution >= 4 is 34.9 Å². The summed E-state index contributed by atoms with van der Waals surface area (Å²) in [7, 11) is 1.66. The van der Waals surface area contributed by atoms with E-state index in [0.29, 0.717) is 47.7 Å². The van der Waals surface area contributed by atoms with Gasteiger partial charge in [-0.3, -0.25) is 4.79 Å². The van der Waals surface area contributed by atoms with Crippen molar-refractivity contribution in [3.63, 3.8) is 0 Å². The molecule has 8 heteroatoms. The Balaban J connectivity index is 1.83. The summed E-state index contributed by atoms with van der Waals surface area (Å²) in [5.41, 5.74) is 1.24. The Bertz CT molecular complexity index is 713. The lowest BCUT2D eigenvalue weighted by molar-refractivity contribution is 0.0949. The third kappa shape index (κ3) is 6.49. The third-order valence-electron chi connectivity index (χ3n) is 3.43. The van der Waals surface area contributed by atoms with E-state index >= 15 is 0 Å². The van der Waals surface area contributed by atoms with Crippen LogP contribution in [0.25, 0.3) is 0 Å². The zero-order chi connectivity index (χ0) is 18.1. The summed E-state index contributed by atoms with van der Waals surface area (Å²) in [6.07, 6.45) is 2.82. The third-order valence-corrected chi connectivity index (χ3v) is 4.01. The molecule has 0 atom stereocenters. The van der Waals surface area contributed by atoms with Crippen molar-refractivity contribution in [3.05, 3.63) is 51.9 Å². The van der Waals surface area contributed by atoms with Crippen LogP contribution in [0, 0.1) is 0 Å².